The van der Waals surface area contributed by atoms with Crippen LogP contribution in [0.1, 0.15) is 29.5 Å². The first-order chi connectivity index (χ1) is 6.24. The van der Waals surface area contributed by atoms with Gasteiger partial charge in [0.15, 0.2) is 0 Å². The molecule has 0 spiro atoms. The monoisotopic (exact) mass is 171 g/mol. The van der Waals surface area contributed by atoms with Crippen molar-refractivity contribution in [2.24, 2.45) is 0 Å². The summed E-state index contributed by atoms with van der Waals surface area (Å²) in [4.78, 5) is 0. The molecule has 0 heteroatoms. The highest BCUT2D eigenvalue weighted by molar-refractivity contribution is 5.30. The van der Waals surface area contributed by atoms with Gasteiger partial charge in [-0.05, 0) is 44.2 Å². The minimum atomic E-state index is 0.771. The van der Waals surface area contributed by atoms with Gasteiger partial charge in [0.05, 0.1) is 0 Å². The zero-order chi connectivity index (χ0) is 9.68. The molecule has 0 aliphatic rings. The van der Waals surface area contributed by atoms with Crippen LogP contribution in [-0.2, 0) is 6.42 Å². The molecular weight excluding hydrogens is 156 g/mol. The molecule has 0 amide bonds. The first-order valence-corrected chi connectivity index (χ1v) is 4.70. The molecule has 1 aromatic carbocycles. The van der Waals surface area contributed by atoms with Crippen LogP contribution in [0.3, 0.4) is 0 Å². The van der Waals surface area contributed by atoms with E-state index in [-0.39, 0.29) is 0 Å². The van der Waals surface area contributed by atoms with Crippen LogP contribution < -0.4 is 0 Å². The number of unbranched alkanes of at least 4 members (excludes halogenated alkanes) is 1. The molecule has 0 saturated heterocycles. The summed E-state index contributed by atoms with van der Waals surface area (Å²) in [5, 5.41) is 0. The molecule has 1 radical (unpaired) electrons. The quantitative estimate of drug-likeness (QED) is 0.484. The topological polar surface area (TPSA) is 0 Å². The summed E-state index contributed by atoms with van der Waals surface area (Å²) in [6.45, 7) is 4.26. The summed E-state index contributed by atoms with van der Waals surface area (Å²) in [6, 6.07) is 6.55. The second-order valence-electron chi connectivity index (χ2n) is 3.46. The summed E-state index contributed by atoms with van der Waals surface area (Å²) < 4.78 is 0. The van der Waals surface area contributed by atoms with Crippen molar-refractivity contribution in [3.63, 3.8) is 0 Å². The third-order valence-electron chi connectivity index (χ3n) is 2.25. The lowest BCUT2D eigenvalue weighted by molar-refractivity contribution is 0.851. The summed E-state index contributed by atoms with van der Waals surface area (Å²) >= 11 is 0. The molecule has 0 aliphatic carbocycles. The van der Waals surface area contributed by atoms with Crippen LogP contribution in [0.4, 0.5) is 0 Å². The fraction of sp³-hybridized carbons (Fsp3) is 0.385. The molecule has 0 atom stereocenters. The second kappa shape index (κ2) is 4.72. The van der Waals surface area contributed by atoms with Gasteiger partial charge in [-0.15, -0.1) is 0 Å². The van der Waals surface area contributed by atoms with Crippen LogP contribution >= 0.6 is 0 Å². The van der Waals surface area contributed by atoms with E-state index in [1.165, 1.54) is 16.7 Å². The molecule has 0 bridgehead atoms. The first kappa shape index (κ1) is 9.86. The minimum absolute atomic E-state index is 0.771. The van der Waals surface area contributed by atoms with Gasteiger partial charge >= 0.3 is 0 Å². The number of rotatable bonds is 3. The largest absolute Gasteiger partial charge is 0.0891 e. The molecule has 0 saturated carbocycles. The smallest absolute Gasteiger partial charge is 0.0102 e. The lowest BCUT2D eigenvalue weighted by Crippen LogP contribution is -1.90. The van der Waals surface area contributed by atoms with Gasteiger partial charge in [0.25, 0.3) is 0 Å². The highest BCUT2D eigenvalue weighted by Gasteiger charge is 1.97. The molecule has 1 rings (SSSR count). The van der Waals surface area contributed by atoms with E-state index in [1.807, 2.05) is 0 Å². The predicted molar refractivity (Wildman–Crippen MR) is 56.0 cm³/mol. The molecule has 0 heterocycles. The first-order valence-electron chi connectivity index (χ1n) is 4.70. The fourth-order valence-corrected chi connectivity index (χ4v) is 1.49. The number of hydrogen-bond donors (Lipinski definition) is 0. The maximum atomic E-state index is 6.81. The van der Waals surface area contributed by atoms with E-state index < -0.39 is 0 Å². The Hall–Kier alpha value is -1.22. The Labute approximate surface area is 81.0 Å². The fourth-order valence-electron chi connectivity index (χ4n) is 1.49. The van der Waals surface area contributed by atoms with E-state index in [9.17, 15) is 0 Å². The van der Waals surface area contributed by atoms with Gasteiger partial charge in [0, 0.05) is 6.42 Å². The van der Waals surface area contributed by atoms with Crippen LogP contribution in [0, 0.1) is 26.2 Å². The molecule has 0 nitrogen and oxygen atoms in total. The van der Waals surface area contributed by atoms with Crippen molar-refractivity contribution in [2.75, 3.05) is 0 Å². The average molecular weight is 171 g/mol. The molecule has 13 heavy (non-hydrogen) atoms. The van der Waals surface area contributed by atoms with Crippen molar-refractivity contribution in [1.29, 1.82) is 0 Å². The third-order valence-corrected chi connectivity index (χ3v) is 2.25. The van der Waals surface area contributed by atoms with E-state index in [0.717, 1.165) is 19.3 Å². The Balaban J connectivity index is 2.62. The van der Waals surface area contributed by atoms with E-state index in [2.05, 4.69) is 38.0 Å². The summed E-state index contributed by atoms with van der Waals surface area (Å²) in [6.07, 6.45) is 9.68. The van der Waals surface area contributed by atoms with Crippen LogP contribution in [0.2, 0.25) is 0 Å². The SMILES string of the molecule is [C]#CCCCc1ccc(C)cc1C. The van der Waals surface area contributed by atoms with Gasteiger partial charge in [-0.1, -0.05) is 29.7 Å². The van der Waals surface area contributed by atoms with Crippen LogP contribution in [0.15, 0.2) is 18.2 Å². The van der Waals surface area contributed by atoms with E-state index >= 15 is 0 Å². The van der Waals surface area contributed by atoms with Crippen molar-refractivity contribution in [1.82, 2.24) is 0 Å². The molecular formula is C13H15. The molecule has 0 unspecified atom stereocenters. The van der Waals surface area contributed by atoms with Crippen molar-refractivity contribution in [3.05, 3.63) is 41.3 Å². The Kier molecular flexibility index (Phi) is 3.58. The van der Waals surface area contributed by atoms with Crippen LogP contribution in [-0.4, -0.2) is 0 Å². The van der Waals surface area contributed by atoms with Gasteiger partial charge in [0.1, 0.15) is 0 Å². The number of benzene rings is 1. The molecule has 1 aromatic rings. The van der Waals surface area contributed by atoms with Gasteiger partial charge in [-0.2, -0.15) is 0 Å². The Morgan fingerprint density at radius 3 is 2.69 bits per heavy atom. The van der Waals surface area contributed by atoms with Crippen LogP contribution in [0.25, 0.3) is 0 Å². The average Bonchev–Trinajstić information content (AvgIpc) is 2.09. The van der Waals surface area contributed by atoms with Gasteiger partial charge in [0.2, 0.25) is 0 Å². The lowest BCUT2D eigenvalue weighted by Gasteiger charge is -2.05. The van der Waals surface area contributed by atoms with E-state index in [0.29, 0.717) is 0 Å². The molecule has 0 fully saturated rings. The minimum Gasteiger partial charge on any atom is -0.0891 e. The Morgan fingerprint density at radius 2 is 2.08 bits per heavy atom. The third kappa shape index (κ3) is 2.95. The zero-order valence-corrected chi connectivity index (χ0v) is 8.35. The highest BCUT2D eigenvalue weighted by atomic mass is 14.0. The lowest BCUT2D eigenvalue weighted by atomic mass is 10.0. The maximum absolute atomic E-state index is 6.81. The van der Waals surface area contributed by atoms with Gasteiger partial charge in [-0.25, -0.2) is 0 Å². The molecule has 0 aliphatic heterocycles. The van der Waals surface area contributed by atoms with E-state index in [4.69, 9.17) is 6.42 Å². The van der Waals surface area contributed by atoms with Gasteiger partial charge in [-0.3, -0.25) is 0 Å². The highest BCUT2D eigenvalue weighted by Crippen LogP contribution is 2.12. The van der Waals surface area contributed by atoms with Crippen molar-refractivity contribution >= 4 is 0 Å². The molecule has 0 N–H and O–H groups in total. The summed E-state index contributed by atoms with van der Waals surface area (Å²) in [7, 11) is 0. The van der Waals surface area contributed by atoms with Crippen molar-refractivity contribution in [2.45, 2.75) is 33.1 Å². The standard InChI is InChI=1S/C13H15/c1-4-5-6-7-13-9-8-11(2)10-12(13)3/h8-10H,5-7H2,2-3H3. The Morgan fingerprint density at radius 1 is 1.31 bits per heavy atom. The normalized spacial score (nSPS) is 9.62. The second-order valence-corrected chi connectivity index (χ2v) is 3.46. The number of hydrogen-bond acceptors (Lipinski definition) is 0. The molecule has 0 aromatic heterocycles. The molecule has 67 valence electrons. The zero-order valence-electron chi connectivity index (χ0n) is 8.35. The Bertz CT molecular complexity index is 315. The maximum Gasteiger partial charge on any atom is 0.0102 e. The van der Waals surface area contributed by atoms with Crippen molar-refractivity contribution < 1.29 is 0 Å². The van der Waals surface area contributed by atoms with Crippen molar-refractivity contribution in [3.8, 4) is 5.92 Å². The van der Waals surface area contributed by atoms with Crippen LogP contribution in [0.5, 0.6) is 0 Å². The van der Waals surface area contributed by atoms with Gasteiger partial charge < -0.3 is 0 Å². The summed E-state index contributed by atoms with van der Waals surface area (Å²) in [5.41, 5.74) is 4.09. The predicted octanol–water partition coefficient (Wildman–Crippen LogP) is 3.22. The number of aryl methyl sites for hydroxylation is 3. The van der Waals surface area contributed by atoms with E-state index in [1.54, 1.807) is 0 Å². The summed E-state index contributed by atoms with van der Waals surface area (Å²) in [5.74, 6) is 2.42.